The number of benzene rings is 2. The number of aromatic nitrogens is 2. The quantitative estimate of drug-likeness (QED) is 0.429. The van der Waals surface area contributed by atoms with Crippen molar-refractivity contribution < 1.29 is 19.1 Å². The van der Waals surface area contributed by atoms with E-state index in [2.05, 4.69) is 14.9 Å². The van der Waals surface area contributed by atoms with Gasteiger partial charge in [-0.25, -0.2) is 4.98 Å². The number of primary amides is 1. The molecule has 2 heterocycles. The van der Waals surface area contributed by atoms with Gasteiger partial charge in [-0.05, 0) is 23.3 Å². The lowest BCUT2D eigenvalue weighted by Gasteiger charge is -2.26. The van der Waals surface area contributed by atoms with E-state index >= 15 is 0 Å². The molecular weight excluding hydrogens is 416 g/mol. The number of rotatable bonds is 7. The number of carbonyl (C=O) groups excluding carboxylic acids is 2. The van der Waals surface area contributed by atoms with E-state index in [1.165, 1.54) is 24.4 Å². The van der Waals surface area contributed by atoms with Crippen LogP contribution in [0, 0.1) is 0 Å². The predicted molar refractivity (Wildman–Crippen MR) is 118 cm³/mol. The summed E-state index contributed by atoms with van der Waals surface area (Å²) in [7, 11) is 1.37. The van der Waals surface area contributed by atoms with Crippen LogP contribution in [0.15, 0.2) is 47.6 Å². The minimum atomic E-state index is -0.597. The molecule has 1 unspecified atom stereocenters. The van der Waals surface area contributed by atoms with Crippen LogP contribution >= 0.6 is 11.8 Å². The van der Waals surface area contributed by atoms with Crippen LogP contribution in [-0.2, 0) is 20.8 Å². The zero-order valence-electron chi connectivity index (χ0n) is 17.2. The van der Waals surface area contributed by atoms with Gasteiger partial charge < -0.3 is 20.2 Å². The number of morpholine rings is 1. The van der Waals surface area contributed by atoms with Gasteiger partial charge in [-0.1, -0.05) is 42.1 Å². The van der Waals surface area contributed by atoms with E-state index in [-0.39, 0.29) is 5.97 Å². The smallest absolute Gasteiger partial charge is 0.323 e. The number of aromatic amines is 1. The molecule has 3 N–H and O–H groups in total. The SMILES string of the molecule is COC(=O)C(Sc1nc2c(C(N)=O)cccc2[nH]1)c1ccc(CN2CCOCC2)cc1. The van der Waals surface area contributed by atoms with Gasteiger partial charge in [-0.2, -0.15) is 0 Å². The molecule has 1 atom stereocenters. The van der Waals surface area contributed by atoms with Crippen molar-refractivity contribution in [3.8, 4) is 0 Å². The summed E-state index contributed by atoms with van der Waals surface area (Å²) in [5.41, 5.74) is 8.95. The second kappa shape index (κ2) is 9.51. The van der Waals surface area contributed by atoms with Crippen LogP contribution in [0.4, 0.5) is 0 Å². The van der Waals surface area contributed by atoms with Gasteiger partial charge in [0.05, 0.1) is 31.4 Å². The number of para-hydroxylation sites is 1. The number of nitrogens with one attached hydrogen (secondary N) is 1. The highest BCUT2D eigenvalue weighted by atomic mass is 32.2. The number of methoxy groups -OCH3 is 1. The molecule has 1 saturated heterocycles. The first-order chi connectivity index (χ1) is 15.0. The maximum atomic E-state index is 12.5. The molecule has 1 aromatic heterocycles. The summed E-state index contributed by atoms with van der Waals surface area (Å²) in [6.45, 7) is 4.20. The third kappa shape index (κ3) is 4.90. The van der Waals surface area contributed by atoms with Gasteiger partial charge in [0.1, 0.15) is 10.8 Å². The minimum absolute atomic E-state index is 0.336. The maximum absolute atomic E-state index is 12.5. The lowest BCUT2D eigenvalue weighted by molar-refractivity contribution is -0.140. The highest BCUT2D eigenvalue weighted by Gasteiger charge is 2.25. The second-order valence-corrected chi connectivity index (χ2v) is 8.35. The maximum Gasteiger partial charge on any atom is 0.323 e. The average Bonchev–Trinajstić information content (AvgIpc) is 3.21. The fourth-order valence-electron chi connectivity index (χ4n) is 3.55. The van der Waals surface area contributed by atoms with Crippen molar-refractivity contribution in [1.82, 2.24) is 14.9 Å². The molecular formula is C22H24N4O4S. The van der Waals surface area contributed by atoms with Gasteiger partial charge in [0, 0.05) is 19.6 Å². The first kappa shape index (κ1) is 21.4. The normalized spacial score (nSPS) is 15.6. The Hall–Kier alpha value is -2.88. The monoisotopic (exact) mass is 440 g/mol. The molecule has 31 heavy (non-hydrogen) atoms. The molecule has 1 aliphatic rings. The minimum Gasteiger partial charge on any atom is -0.468 e. The standard InChI is InChI=1S/C22H24N4O4S/c1-29-21(28)19(15-7-5-14(6-8-15)13-26-9-11-30-12-10-26)31-22-24-17-4-2-3-16(20(23)27)18(17)25-22/h2-8,19H,9-13H2,1H3,(H2,23,27)(H,24,25). The van der Waals surface area contributed by atoms with Crippen LogP contribution in [0.2, 0.25) is 0 Å². The Kier molecular flexibility index (Phi) is 6.55. The highest BCUT2D eigenvalue weighted by Crippen LogP contribution is 2.36. The topological polar surface area (TPSA) is 111 Å². The van der Waals surface area contributed by atoms with Crippen molar-refractivity contribution in [2.45, 2.75) is 17.0 Å². The van der Waals surface area contributed by atoms with Crippen molar-refractivity contribution in [1.29, 1.82) is 0 Å². The molecule has 162 valence electrons. The summed E-state index contributed by atoms with van der Waals surface area (Å²) in [5, 5.41) is -0.0866. The summed E-state index contributed by atoms with van der Waals surface area (Å²) in [5.74, 6) is -0.921. The van der Waals surface area contributed by atoms with E-state index in [4.69, 9.17) is 15.2 Å². The van der Waals surface area contributed by atoms with Gasteiger partial charge in [0.25, 0.3) is 5.91 Å². The van der Waals surface area contributed by atoms with E-state index in [0.29, 0.717) is 21.8 Å². The third-order valence-electron chi connectivity index (χ3n) is 5.19. The van der Waals surface area contributed by atoms with E-state index in [9.17, 15) is 9.59 Å². The number of amides is 1. The Morgan fingerprint density at radius 1 is 1.23 bits per heavy atom. The molecule has 3 aromatic rings. The van der Waals surface area contributed by atoms with Gasteiger partial charge in [-0.3, -0.25) is 14.5 Å². The van der Waals surface area contributed by atoms with Crippen LogP contribution in [0.5, 0.6) is 0 Å². The van der Waals surface area contributed by atoms with Crippen LogP contribution in [0.1, 0.15) is 26.7 Å². The van der Waals surface area contributed by atoms with Crippen molar-refractivity contribution in [2.75, 3.05) is 33.4 Å². The molecule has 2 aromatic carbocycles. The van der Waals surface area contributed by atoms with E-state index in [1.54, 1.807) is 12.1 Å². The Balaban J connectivity index is 1.55. The molecule has 0 bridgehead atoms. The largest absolute Gasteiger partial charge is 0.468 e. The number of hydrogen-bond acceptors (Lipinski definition) is 7. The highest BCUT2D eigenvalue weighted by molar-refractivity contribution is 8.00. The lowest BCUT2D eigenvalue weighted by Crippen LogP contribution is -2.35. The Morgan fingerprint density at radius 2 is 1.97 bits per heavy atom. The van der Waals surface area contributed by atoms with Gasteiger partial charge in [-0.15, -0.1) is 0 Å². The zero-order chi connectivity index (χ0) is 21.8. The summed E-state index contributed by atoms with van der Waals surface area (Å²) >= 11 is 1.24. The molecule has 0 aliphatic carbocycles. The van der Waals surface area contributed by atoms with E-state index in [1.807, 2.05) is 30.3 Å². The predicted octanol–water partition coefficient (Wildman–Crippen LogP) is 2.50. The first-order valence-electron chi connectivity index (χ1n) is 9.97. The Labute approximate surface area is 184 Å². The number of ether oxygens (including phenoxy) is 2. The van der Waals surface area contributed by atoms with E-state index in [0.717, 1.165) is 38.4 Å². The summed E-state index contributed by atoms with van der Waals surface area (Å²) < 4.78 is 10.4. The number of H-pyrrole nitrogens is 1. The fourth-order valence-corrected chi connectivity index (χ4v) is 4.57. The Bertz CT molecular complexity index is 1080. The van der Waals surface area contributed by atoms with Crippen LogP contribution in [0.25, 0.3) is 11.0 Å². The van der Waals surface area contributed by atoms with Gasteiger partial charge in [0.2, 0.25) is 0 Å². The number of nitrogens with two attached hydrogens (primary N) is 1. The summed E-state index contributed by atoms with van der Waals surface area (Å²) in [4.78, 5) is 34.2. The van der Waals surface area contributed by atoms with E-state index < -0.39 is 11.2 Å². The summed E-state index contributed by atoms with van der Waals surface area (Å²) in [6, 6.07) is 13.1. The van der Waals surface area contributed by atoms with Crippen molar-refractivity contribution >= 4 is 34.7 Å². The molecule has 1 aliphatic heterocycles. The average molecular weight is 441 g/mol. The molecule has 0 spiro atoms. The zero-order valence-corrected chi connectivity index (χ0v) is 18.0. The van der Waals surface area contributed by atoms with Gasteiger partial charge >= 0.3 is 5.97 Å². The fraction of sp³-hybridized carbons (Fsp3) is 0.318. The number of thioether (sulfide) groups is 1. The molecule has 4 rings (SSSR count). The van der Waals surface area contributed by atoms with Crippen molar-refractivity contribution in [3.05, 3.63) is 59.2 Å². The number of hydrogen-bond donors (Lipinski definition) is 2. The second-order valence-electron chi connectivity index (χ2n) is 7.26. The number of nitrogens with zero attached hydrogens (tertiary/aromatic N) is 2. The Morgan fingerprint density at radius 3 is 2.65 bits per heavy atom. The molecule has 0 saturated carbocycles. The number of esters is 1. The lowest BCUT2D eigenvalue weighted by atomic mass is 10.1. The summed E-state index contributed by atoms with van der Waals surface area (Å²) in [6.07, 6.45) is 0. The number of imidazole rings is 1. The first-order valence-corrected chi connectivity index (χ1v) is 10.8. The third-order valence-corrected chi connectivity index (χ3v) is 6.31. The molecule has 9 heteroatoms. The molecule has 8 nitrogen and oxygen atoms in total. The molecule has 1 fully saturated rings. The van der Waals surface area contributed by atoms with Crippen molar-refractivity contribution in [3.63, 3.8) is 0 Å². The van der Waals surface area contributed by atoms with Crippen LogP contribution in [-0.4, -0.2) is 60.2 Å². The number of carbonyl (C=O) groups is 2. The molecule has 0 radical (unpaired) electrons. The van der Waals surface area contributed by atoms with Gasteiger partial charge in [0.15, 0.2) is 5.16 Å². The van der Waals surface area contributed by atoms with Crippen LogP contribution in [0.3, 0.4) is 0 Å². The number of fused-ring (bicyclic) bond motifs is 1. The van der Waals surface area contributed by atoms with Crippen molar-refractivity contribution in [2.24, 2.45) is 5.73 Å². The van der Waals surface area contributed by atoms with Crippen LogP contribution < -0.4 is 5.73 Å². The molecule has 1 amide bonds.